The van der Waals surface area contributed by atoms with E-state index in [9.17, 15) is 17.6 Å². The van der Waals surface area contributed by atoms with Gasteiger partial charge in [0.05, 0.1) is 31.0 Å². The molecule has 2 heterocycles. The molecule has 0 bridgehead atoms. The van der Waals surface area contributed by atoms with Crippen LogP contribution < -0.4 is 15.2 Å². The molecular formula is C27H30FN3O5S. The number of hydrogen-bond donors (Lipinski definition) is 0. The summed E-state index contributed by atoms with van der Waals surface area (Å²) in [6, 6.07) is 12.0. The Hall–Kier alpha value is -3.66. The van der Waals surface area contributed by atoms with E-state index in [1.807, 2.05) is 20.8 Å². The third-order valence-electron chi connectivity index (χ3n) is 6.09. The summed E-state index contributed by atoms with van der Waals surface area (Å²) in [7, 11) is -2.01. The Labute approximate surface area is 215 Å². The van der Waals surface area contributed by atoms with Gasteiger partial charge in [0.25, 0.3) is 0 Å². The number of hydrogen-bond acceptors (Lipinski definition) is 6. The minimum Gasteiger partial charge on any atom is -0.493 e. The molecular weight excluding hydrogens is 497 g/mol. The number of rotatable bonds is 9. The second-order valence-corrected chi connectivity index (χ2v) is 11.3. The summed E-state index contributed by atoms with van der Waals surface area (Å²) in [5, 5.41) is 0. The maximum absolute atomic E-state index is 14.5. The molecule has 0 saturated heterocycles. The van der Waals surface area contributed by atoms with E-state index in [1.165, 1.54) is 23.9 Å². The first-order valence-corrected chi connectivity index (χ1v) is 14.0. The number of imidazole rings is 1. The Morgan fingerprint density at radius 1 is 1.05 bits per heavy atom. The number of halogens is 1. The first kappa shape index (κ1) is 26.4. The van der Waals surface area contributed by atoms with Gasteiger partial charge in [0.2, 0.25) is 0 Å². The summed E-state index contributed by atoms with van der Waals surface area (Å²) in [5.74, 6) is 0.196. The van der Waals surface area contributed by atoms with Crippen molar-refractivity contribution < 1.29 is 22.3 Å². The van der Waals surface area contributed by atoms with Gasteiger partial charge in [-0.2, -0.15) is 0 Å². The van der Waals surface area contributed by atoms with Crippen LogP contribution in [0.1, 0.15) is 38.4 Å². The second-order valence-electron chi connectivity index (χ2n) is 9.11. The molecule has 0 saturated carbocycles. The number of sulfone groups is 1. The van der Waals surface area contributed by atoms with Crippen LogP contribution in [0.25, 0.3) is 22.3 Å². The van der Waals surface area contributed by atoms with E-state index in [-0.39, 0.29) is 11.8 Å². The minimum absolute atomic E-state index is 0.261. The van der Waals surface area contributed by atoms with Gasteiger partial charge < -0.3 is 9.47 Å². The molecule has 4 rings (SSSR count). The summed E-state index contributed by atoms with van der Waals surface area (Å²) in [6.07, 6.45) is 2.63. The first-order valence-electron chi connectivity index (χ1n) is 11.9. The lowest BCUT2D eigenvalue weighted by Gasteiger charge is -2.20. The third-order valence-corrected chi connectivity index (χ3v) is 7.01. The van der Waals surface area contributed by atoms with Gasteiger partial charge in [-0.3, -0.25) is 9.13 Å². The average Bonchev–Trinajstić information content (AvgIpc) is 3.13. The first-order chi connectivity index (χ1) is 17.6. The van der Waals surface area contributed by atoms with Crippen LogP contribution >= 0.6 is 0 Å². The molecule has 196 valence electrons. The highest BCUT2D eigenvalue weighted by atomic mass is 32.2. The molecule has 0 amide bonds. The van der Waals surface area contributed by atoms with Gasteiger partial charge in [0.1, 0.15) is 15.7 Å². The van der Waals surface area contributed by atoms with Crippen molar-refractivity contribution in [1.29, 1.82) is 0 Å². The van der Waals surface area contributed by atoms with Crippen molar-refractivity contribution in [3.63, 3.8) is 0 Å². The van der Waals surface area contributed by atoms with Crippen LogP contribution in [0.5, 0.6) is 11.5 Å². The zero-order valence-electron chi connectivity index (χ0n) is 21.4. The molecule has 2 aromatic heterocycles. The highest BCUT2D eigenvalue weighted by Gasteiger charge is 2.28. The molecule has 1 atom stereocenters. The normalized spacial score (nSPS) is 12.7. The Morgan fingerprint density at radius 3 is 2.41 bits per heavy atom. The van der Waals surface area contributed by atoms with Gasteiger partial charge in [-0.05, 0) is 50.6 Å². The third kappa shape index (κ3) is 5.24. The molecule has 0 aliphatic carbocycles. The highest BCUT2D eigenvalue weighted by molar-refractivity contribution is 7.90. The SMILES string of the molecule is CCOc1cc([C@@H](CS(C)(=O)=O)n2c(=O)n(C(C)C)c3cc(-c4ccccc4F)cnc32)ccc1OC. The molecule has 0 unspecified atom stereocenters. The van der Waals surface area contributed by atoms with Crippen molar-refractivity contribution in [3.05, 3.63) is 76.6 Å². The Balaban J connectivity index is 2.00. The lowest BCUT2D eigenvalue weighted by atomic mass is 10.1. The van der Waals surface area contributed by atoms with Gasteiger partial charge in [0.15, 0.2) is 17.1 Å². The Bertz CT molecular complexity index is 1610. The van der Waals surface area contributed by atoms with Gasteiger partial charge in [-0.1, -0.05) is 24.3 Å². The second kappa shape index (κ2) is 10.4. The molecule has 0 N–H and O–H groups in total. The molecule has 0 spiro atoms. The van der Waals surface area contributed by atoms with Crippen LogP contribution in [0.15, 0.2) is 59.5 Å². The van der Waals surface area contributed by atoms with Crippen molar-refractivity contribution in [2.24, 2.45) is 0 Å². The van der Waals surface area contributed by atoms with E-state index in [2.05, 4.69) is 4.98 Å². The van der Waals surface area contributed by atoms with Crippen LogP contribution in [0.2, 0.25) is 0 Å². The topological polar surface area (TPSA) is 92.4 Å². The standard InChI is InChI=1S/C27H30FN3O5S/c1-6-36-25-14-18(11-12-24(25)35-4)23(16-37(5,33)34)31-26-22(30(17(2)3)27(31)32)13-19(15-29-26)20-9-7-8-10-21(20)28/h7-15,17,23H,6,16H2,1-5H3/t23-/m1/s1. The van der Waals surface area contributed by atoms with Crippen LogP contribution in [-0.4, -0.2) is 48.3 Å². The summed E-state index contributed by atoms with van der Waals surface area (Å²) in [4.78, 5) is 18.4. The van der Waals surface area contributed by atoms with E-state index < -0.39 is 27.4 Å². The number of benzene rings is 2. The van der Waals surface area contributed by atoms with E-state index in [0.29, 0.717) is 46.0 Å². The number of aromatic nitrogens is 3. The van der Waals surface area contributed by atoms with E-state index in [1.54, 1.807) is 47.0 Å². The van der Waals surface area contributed by atoms with Gasteiger partial charge in [-0.15, -0.1) is 0 Å². The predicted molar refractivity (Wildman–Crippen MR) is 142 cm³/mol. The van der Waals surface area contributed by atoms with E-state index in [0.717, 1.165) is 6.26 Å². The smallest absolute Gasteiger partial charge is 0.331 e. The fourth-order valence-corrected chi connectivity index (χ4v) is 5.43. The Kier molecular flexibility index (Phi) is 7.40. The molecule has 10 heteroatoms. The predicted octanol–water partition coefficient (Wildman–Crippen LogP) is 4.63. The average molecular weight is 528 g/mol. The minimum atomic E-state index is -3.53. The summed E-state index contributed by atoms with van der Waals surface area (Å²) in [6.45, 7) is 5.92. The lowest BCUT2D eigenvalue weighted by Crippen LogP contribution is -2.32. The summed E-state index contributed by atoms with van der Waals surface area (Å²) >= 11 is 0. The molecule has 0 fully saturated rings. The Morgan fingerprint density at radius 2 is 1.78 bits per heavy atom. The summed E-state index contributed by atoms with van der Waals surface area (Å²) < 4.78 is 53.7. The number of methoxy groups -OCH3 is 1. The van der Waals surface area contributed by atoms with Crippen LogP contribution in [0.3, 0.4) is 0 Å². The highest BCUT2D eigenvalue weighted by Crippen LogP contribution is 2.34. The van der Waals surface area contributed by atoms with Crippen molar-refractivity contribution in [2.75, 3.05) is 25.7 Å². The lowest BCUT2D eigenvalue weighted by molar-refractivity contribution is 0.310. The fraction of sp³-hybridized carbons (Fsp3) is 0.333. The quantitative estimate of drug-likeness (QED) is 0.315. The molecule has 2 aromatic carbocycles. The molecule has 0 radical (unpaired) electrons. The van der Waals surface area contributed by atoms with Crippen LogP contribution in [0, 0.1) is 5.82 Å². The van der Waals surface area contributed by atoms with Gasteiger partial charge in [0, 0.05) is 29.6 Å². The number of fused-ring (bicyclic) bond motifs is 1. The van der Waals surface area contributed by atoms with Gasteiger partial charge >= 0.3 is 5.69 Å². The molecule has 4 aromatic rings. The maximum atomic E-state index is 14.5. The van der Waals surface area contributed by atoms with Crippen LogP contribution in [-0.2, 0) is 9.84 Å². The zero-order chi connectivity index (χ0) is 26.9. The number of pyridine rings is 1. The van der Waals surface area contributed by atoms with Crippen molar-refractivity contribution in [1.82, 2.24) is 14.1 Å². The number of ether oxygens (including phenoxy) is 2. The van der Waals surface area contributed by atoms with Crippen molar-refractivity contribution in [3.8, 4) is 22.6 Å². The van der Waals surface area contributed by atoms with Crippen molar-refractivity contribution >= 4 is 21.0 Å². The molecule has 0 aliphatic rings. The molecule has 37 heavy (non-hydrogen) atoms. The largest absolute Gasteiger partial charge is 0.493 e. The van der Waals surface area contributed by atoms with Gasteiger partial charge in [-0.25, -0.2) is 22.6 Å². The van der Waals surface area contributed by atoms with E-state index in [4.69, 9.17) is 9.47 Å². The number of nitrogens with zero attached hydrogens (tertiary/aromatic N) is 3. The van der Waals surface area contributed by atoms with Crippen molar-refractivity contribution in [2.45, 2.75) is 32.9 Å². The van der Waals surface area contributed by atoms with Crippen LogP contribution in [0.4, 0.5) is 4.39 Å². The zero-order valence-corrected chi connectivity index (χ0v) is 22.3. The molecule has 0 aliphatic heterocycles. The monoisotopic (exact) mass is 527 g/mol. The summed E-state index contributed by atoms with van der Waals surface area (Å²) in [5.41, 5.74) is 1.81. The maximum Gasteiger partial charge on any atom is 0.331 e. The molecule has 8 nitrogen and oxygen atoms in total. The fourth-order valence-electron chi connectivity index (χ4n) is 4.52. The van der Waals surface area contributed by atoms with E-state index >= 15 is 0 Å².